The van der Waals surface area contributed by atoms with E-state index in [4.69, 9.17) is 4.74 Å². The summed E-state index contributed by atoms with van der Waals surface area (Å²) in [4.78, 5) is 17.7. The minimum atomic E-state index is -4.69. The molecule has 0 saturated carbocycles. The summed E-state index contributed by atoms with van der Waals surface area (Å²) in [5, 5.41) is 22.8. The van der Waals surface area contributed by atoms with Crippen molar-refractivity contribution in [3.8, 4) is 23.1 Å². The smallest absolute Gasteiger partial charge is 0.451 e. The summed E-state index contributed by atoms with van der Waals surface area (Å²) in [7, 11) is 0. The number of alkyl halides is 3. The first kappa shape index (κ1) is 22.9. The summed E-state index contributed by atoms with van der Waals surface area (Å²) >= 11 is 0. The third-order valence-electron chi connectivity index (χ3n) is 4.11. The van der Waals surface area contributed by atoms with Crippen molar-refractivity contribution in [3.63, 3.8) is 0 Å². The van der Waals surface area contributed by atoms with Gasteiger partial charge >= 0.3 is 6.18 Å². The van der Waals surface area contributed by atoms with Crippen LogP contribution in [0.5, 0.6) is 5.75 Å². The number of benzene rings is 1. The minimum absolute atomic E-state index is 0.00337. The van der Waals surface area contributed by atoms with E-state index in [1.54, 1.807) is 6.92 Å². The Bertz CT molecular complexity index is 957. The predicted octanol–water partition coefficient (Wildman–Crippen LogP) is 3.15. The summed E-state index contributed by atoms with van der Waals surface area (Å²) in [6.07, 6.45) is -4.68. The number of hydrogen-bond donors (Lipinski definition) is 1. The monoisotopic (exact) mass is 421 g/mol. The molecule has 30 heavy (non-hydrogen) atoms. The first-order chi connectivity index (χ1) is 13.9. The van der Waals surface area contributed by atoms with Gasteiger partial charge in [-0.1, -0.05) is 13.8 Å². The van der Waals surface area contributed by atoms with Crippen molar-refractivity contribution in [2.45, 2.75) is 38.9 Å². The van der Waals surface area contributed by atoms with Gasteiger partial charge in [-0.25, -0.2) is 9.97 Å². The Morgan fingerprint density at radius 2 is 2.03 bits per heavy atom. The van der Waals surface area contributed by atoms with Crippen LogP contribution >= 0.6 is 0 Å². The fourth-order valence-corrected chi connectivity index (χ4v) is 3.09. The largest absolute Gasteiger partial charge is 0.530 e. The molecule has 2 aromatic rings. The van der Waals surface area contributed by atoms with Crippen molar-refractivity contribution >= 4 is 6.09 Å². The molecule has 160 valence electrons. The van der Waals surface area contributed by atoms with E-state index < -0.39 is 23.6 Å². The summed E-state index contributed by atoms with van der Waals surface area (Å²) < 4.78 is 44.2. The molecule has 0 aliphatic heterocycles. The normalized spacial score (nSPS) is 13.4. The molecule has 0 bridgehead atoms. The highest BCUT2D eigenvalue weighted by molar-refractivity contribution is 5.64. The van der Waals surface area contributed by atoms with Crippen molar-refractivity contribution in [1.82, 2.24) is 15.3 Å². The fourth-order valence-electron chi connectivity index (χ4n) is 3.09. The number of hydrogen-bond acceptors (Lipinski definition) is 6. The standard InChI is InChI=1S/C20H21F3N4O3/c1-12(2)9-19(3,27-18(28)29)11-30-16-5-4-13(8-14(16)10-24)15-6-7-25-17(26-15)20(21,22)23/h4-8,12,27H,9,11H2,1-3H3,(H,28,29)/p-1. The van der Waals surface area contributed by atoms with E-state index in [1.165, 1.54) is 24.3 Å². The lowest BCUT2D eigenvalue weighted by molar-refractivity contribution is -0.253. The number of nitrogens with zero attached hydrogens (tertiary/aromatic N) is 3. The van der Waals surface area contributed by atoms with Crippen LogP contribution in [0, 0.1) is 17.2 Å². The van der Waals surface area contributed by atoms with E-state index in [0.29, 0.717) is 6.42 Å². The zero-order chi connectivity index (χ0) is 22.5. The Hall–Kier alpha value is -3.35. The minimum Gasteiger partial charge on any atom is -0.530 e. The van der Waals surface area contributed by atoms with E-state index in [1.807, 2.05) is 19.9 Å². The molecule has 1 N–H and O–H groups in total. The maximum Gasteiger partial charge on any atom is 0.451 e. The fraction of sp³-hybridized carbons (Fsp3) is 0.400. The second-order valence-electron chi connectivity index (χ2n) is 7.45. The first-order valence-corrected chi connectivity index (χ1v) is 9.00. The molecule has 0 radical (unpaired) electrons. The zero-order valence-corrected chi connectivity index (χ0v) is 16.6. The highest BCUT2D eigenvalue weighted by Gasteiger charge is 2.34. The number of carboxylic acid groups (broad SMARTS) is 1. The number of aromatic nitrogens is 2. The van der Waals surface area contributed by atoms with E-state index in [0.717, 1.165) is 6.20 Å². The van der Waals surface area contributed by atoms with Crippen molar-refractivity contribution in [2.24, 2.45) is 5.92 Å². The van der Waals surface area contributed by atoms with Gasteiger partial charge in [-0.2, -0.15) is 18.4 Å². The molecular formula is C20H20F3N4O3-. The van der Waals surface area contributed by atoms with Crippen LogP contribution in [0.25, 0.3) is 11.3 Å². The van der Waals surface area contributed by atoms with E-state index in [9.17, 15) is 28.3 Å². The van der Waals surface area contributed by atoms with Crippen molar-refractivity contribution in [3.05, 3.63) is 41.9 Å². The SMILES string of the molecule is CC(C)CC(C)(COc1ccc(-c2ccnc(C(F)(F)F)n2)cc1C#N)NC(=O)[O-]. The number of nitrogens with one attached hydrogen (secondary N) is 1. The van der Waals surface area contributed by atoms with Gasteiger partial charge in [0, 0.05) is 11.8 Å². The van der Waals surface area contributed by atoms with Crippen LogP contribution in [0.2, 0.25) is 0 Å². The topological polar surface area (TPSA) is 111 Å². The van der Waals surface area contributed by atoms with Gasteiger partial charge in [0.2, 0.25) is 5.82 Å². The van der Waals surface area contributed by atoms with Crippen LogP contribution in [-0.4, -0.2) is 28.2 Å². The molecule has 0 spiro atoms. The summed E-state index contributed by atoms with van der Waals surface area (Å²) in [5.41, 5.74) is -0.597. The lowest BCUT2D eigenvalue weighted by Gasteiger charge is -2.33. The number of halogens is 3. The van der Waals surface area contributed by atoms with Crippen LogP contribution in [0.1, 0.15) is 38.6 Å². The molecular weight excluding hydrogens is 401 g/mol. The van der Waals surface area contributed by atoms with Crippen LogP contribution in [0.3, 0.4) is 0 Å². The lowest BCUT2D eigenvalue weighted by atomic mass is 9.91. The highest BCUT2D eigenvalue weighted by Crippen LogP contribution is 2.30. The Morgan fingerprint density at radius 3 is 2.60 bits per heavy atom. The number of amides is 1. The summed E-state index contributed by atoms with van der Waals surface area (Å²) in [6, 6.07) is 7.47. The van der Waals surface area contributed by atoms with E-state index in [-0.39, 0.29) is 35.1 Å². The molecule has 1 amide bonds. The maximum absolute atomic E-state index is 12.8. The number of ether oxygens (including phenoxy) is 1. The van der Waals surface area contributed by atoms with Gasteiger partial charge in [0.05, 0.1) is 16.8 Å². The molecule has 0 aliphatic rings. The van der Waals surface area contributed by atoms with Gasteiger partial charge in [-0.15, -0.1) is 0 Å². The Morgan fingerprint density at radius 1 is 1.33 bits per heavy atom. The zero-order valence-electron chi connectivity index (χ0n) is 16.6. The van der Waals surface area contributed by atoms with Gasteiger partial charge in [0.25, 0.3) is 0 Å². The van der Waals surface area contributed by atoms with E-state index in [2.05, 4.69) is 15.3 Å². The molecule has 1 aromatic carbocycles. The van der Waals surface area contributed by atoms with Gasteiger partial charge in [-0.05, 0) is 43.5 Å². The first-order valence-electron chi connectivity index (χ1n) is 9.00. The quantitative estimate of drug-likeness (QED) is 0.735. The molecule has 1 aromatic heterocycles. The lowest BCUT2D eigenvalue weighted by Crippen LogP contribution is -2.55. The molecule has 0 saturated heterocycles. The summed E-state index contributed by atoms with van der Waals surface area (Å²) in [5.74, 6) is -0.957. The second-order valence-corrected chi connectivity index (χ2v) is 7.45. The highest BCUT2D eigenvalue weighted by atomic mass is 19.4. The second kappa shape index (κ2) is 8.98. The molecule has 1 atom stereocenters. The molecule has 1 heterocycles. The average molecular weight is 421 g/mol. The van der Waals surface area contributed by atoms with Crippen LogP contribution < -0.4 is 15.2 Å². The maximum atomic E-state index is 12.8. The average Bonchev–Trinajstić information content (AvgIpc) is 2.64. The Balaban J connectivity index is 2.28. The molecule has 0 fully saturated rings. The van der Waals surface area contributed by atoms with Gasteiger partial charge in [0.1, 0.15) is 24.5 Å². The van der Waals surface area contributed by atoms with Crippen LogP contribution in [0.15, 0.2) is 30.5 Å². The van der Waals surface area contributed by atoms with E-state index >= 15 is 0 Å². The molecule has 10 heteroatoms. The number of nitriles is 1. The Labute approximate surface area is 171 Å². The van der Waals surface area contributed by atoms with Gasteiger partial charge in [0.15, 0.2) is 0 Å². The summed E-state index contributed by atoms with van der Waals surface area (Å²) in [6.45, 7) is 5.42. The van der Waals surface area contributed by atoms with Gasteiger partial charge in [-0.3, -0.25) is 0 Å². The molecule has 1 unspecified atom stereocenters. The molecule has 7 nitrogen and oxygen atoms in total. The van der Waals surface area contributed by atoms with Crippen molar-refractivity contribution in [2.75, 3.05) is 6.61 Å². The van der Waals surface area contributed by atoms with Gasteiger partial charge < -0.3 is 20.0 Å². The number of carbonyl (C=O) groups excluding carboxylic acids is 1. The van der Waals surface area contributed by atoms with Crippen LogP contribution in [-0.2, 0) is 6.18 Å². The predicted molar refractivity (Wildman–Crippen MR) is 99.1 cm³/mol. The van der Waals surface area contributed by atoms with Crippen molar-refractivity contribution in [1.29, 1.82) is 5.26 Å². The van der Waals surface area contributed by atoms with Crippen LogP contribution in [0.4, 0.5) is 18.0 Å². The Kier molecular flexibility index (Phi) is 6.87. The number of carbonyl (C=O) groups is 1. The number of rotatable bonds is 7. The molecule has 2 rings (SSSR count). The third kappa shape index (κ3) is 6.07. The molecule has 0 aliphatic carbocycles. The van der Waals surface area contributed by atoms with Crippen molar-refractivity contribution < 1.29 is 27.8 Å². The third-order valence-corrected chi connectivity index (χ3v) is 4.11.